The van der Waals surface area contributed by atoms with Gasteiger partial charge in [0, 0.05) is 30.1 Å². The van der Waals surface area contributed by atoms with Crippen LogP contribution in [0.5, 0.6) is 0 Å². The van der Waals surface area contributed by atoms with Gasteiger partial charge in [0.15, 0.2) is 0 Å². The van der Waals surface area contributed by atoms with E-state index in [-0.39, 0.29) is 35.7 Å². The molecule has 1 fully saturated rings. The SMILES string of the molecule is CC(C)NC(=O)C1CCCC(NC(=O)c2ccc(CNC(=O)c3cccs3)cc2)C1. The topological polar surface area (TPSA) is 87.3 Å². The summed E-state index contributed by atoms with van der Waals surface area (Å²) < 4.78 is 0. The molecule has 3 N–H and O–H groups in total. The van der Waals surface area contributed by atoms with E-state index in [1.165, 1.54) is 11.3 Å². The fourth-order valence-electron chi connectivity index (χ4n) is 3.68. The average Bonchev–Trinajstić information content (AvgIpc) is 3.27. The quantitative estimate of drug-likeness (QED) is 0.632. The molecule has 2 atom stereocenters. The van der Waals surface area contributed by atoms with Gasteiger partial charge in [-0.25, -0.2) is 0 Å². The smallest absolute Gasteiger partial charge is 0.261 e. The normalized spacial score (nSPS) is 18.6. The van der Waals surface area contributed by atoms with Crippen LogP contribution in [0.1, 0.15) is 65.1 Å². The highest BCUT2D eigenvalue weighted by Gasteiger charge is 2.28. The molecule has 1 saturated carbocycles. The molecule has 0 aliphatic heterocycles. The van der Waals surface area contributed by atoms with Gasteiger partial charge in [-0.3, -0.25) is 14.4 Å². The summed E-state index contributed by atoms with van der Waals surface area (Å²) in [6.07, 6.45) is 3.38. The Kier molecular flexibility index (Phi) is 7.63. The highest BCUT2D eigenvalue weighted by Crippen LogP contribution is 2.25. The molecule has 1 aliphatic rings. The van der Waals surface area contributed by atoms with Crippen LogP contribution in [0.25, 0.3) is 0 Å². The lowest BCUT2D eigenvalue weighted by molar-refractivity contribution is -0.126. The first-order valence-electron chi connectivity index (χ1n) is 10.4. The third-order valence-electron chi connectivity index (χ3n) is 5.23. The summed E-state index contributed by atoms with van der Waals surface area (Å²) in [6, 6.07) is 11.0. The fourth-order valence-corrected chi connectivity index (χ4v) is 4.32. The highest BCUT2D eigenvalue weighted by atomic mass is 32.1. The van der Waals surface area contributed by atoms with Gasteiger partial charge in [0.2, 0.25) is 5.91 Å². The summed E-state index contributed by atoms with van der Waals surface area (Å²) in [4.78, 5) is 37.6. The zero-order valence-corrected chi connectivity index (χ0v) is 18.3. The van der Waals surface area contributed by atoms with Crippen LogP contribution in [0.2, 0.25) is 0 Å². The lowest BCUT2D eigenvalue weighted by atomic mass is 9.85. The third-order valence-corrected chi connectivity index (χ3v) is 6.09. The van der Waals surface area contributed by atoms with Crippen LogP contribution in [0, 0.1) is 5.92 Å². The van der Waals surface area contributed by atoms with E-state index in [1.807, 2.05) is 37.4 Å². The van der Waals surface area contributed by atoms with Gasteiger partial charge in [0.05, 0.1) is 4.88 Å². The van der Waals surface area contributed by atoms with Gasteiger partial charge in [-0.2, -0.15) is 0 Å². The lowest BCUT2D eigenvalue weighted by Gasteiger charge is -2.29. The molecule has 0 saturated heterocycles. The van der Waals surface area contributed by atoms with Gasteiger partial charge in [0.1, 0.15) is 0 Å². The van der Waals surface area contributed by atoms with Crippen molar-refractivity contribution in [3.8, 4) is 0 Å². The second-order valence-electron chi connectivity index (χ2n) is 8.05. The minimum atomic E-state index is -0.126. The van der Waals surface area contributed by atoms with Crippen LogP contribution in [0.4, 0.5) is 0 Å². The van der Waals surface area contributed by atoms with Crippen molar-refractivity contribution in [2.24, 2.45) is 5.92 Å². The first kappa shape index (κ1) is 22.0. The Hall–Kier alpha value is -2.67. The van der Waals surface area contributed by atoms with Crippen molar-refractivity contribution in [2.75, 3.05) is 0 Å². The molecule has 160 valence electrons. The van der Waals surface area contributed by atoms with Gasteiger partial charge < -0.3 is 16.0 Å². The molecule has 1 aliphatic carbocycles. The van der Waals surface area contributed by atoms with Crippen LogP contribution in [0.3, 0.4) is 0 Å². The maximum Gasteiger partial charge on any atom is 0.261 e. The zero-order chi connectivity index (χ0) is 21.5. The average molecular weight is 428 g/mol. The summed E-state index contributed by atoms with van der Waals surface area (Å²) in [7, 11) is 0. The first-order valence-corrected chi connectivity index (χ1v) is 11.3. The molecule has 0 spiro atoms. The Morgan fingerprint density at radius 2 is 1.83 bits per heavy atom. The largest absolute Gasteiger partial charge is 0.354 e. The number of nitrogens with one attached hydrogen (secondary N) is 3. The van der Waals surface area contributed by atoms with Crippen molar-refractivity contribution in [1.29, 1.82) is 0 Å². The minimum Gasteiger partial charge on any atom is -0.354 e. The van der Waals surface area contributed by atoms with Gasteiger partial charge >= 0.3 is 0 Å². The van der Waals surface area contributed by atoms with Gasteiger partial charge in [-0.05, 0) is 62.3 Å². The molecule has 0 radical (unpaired) electrons. The van der Waals surface area contributed by atoms with Crippen LogP contribution in [-0.4, -0.2) is 29.8 Å². The zero-order valence-electron chi connectivity index (χ0n) is 17.4. The Morgan fingerprint density at radius 1 is 1.07 bits per heavy atom. The lowest BCUT2D eigenvalue weighted by Crippen LogP contribution is -2.43. The Balaban J connectivity index is 1.49. The van der Waals surface area contributed by atoms with Crippen molar-refractivity contribution in [3.63, 3.8) is 0 Å². The van der Waals surface area contributed by atoms with E-state index in [0.29, 0.717) is 23.4 Å². The standard InChI is InChI=1S/C23H29N3O3S/c1-15(2)25-22(28)18-5-3-6-19(13-18)26-21(27)17-10-8-16(9-11-17)14-24-23(29)20-7-4-12-30-20/h4,7-12,15,18-19H,3,5-6,13-14H2,1-2H3,(H,24,29)(H,25,28)(H,26,27). The molecular weight excluding hydrogens is 398 g/mol. The minimum absolute atomic E-state index is 0.0129. The highest BCUT2D eigenvalue weighted by molar-refractivity contribution is 7.12. The monoisotopic (exact) mass is 427 g/mol. The van der Waals surface area contributed by atoms with Crippen molar-refractivity contribution in [2.45, 2.75) is 58.2 Å². The summed E-state index contributed by atoms with van der Waals surface area (Å²) in [5.74, 6) is -0.182. The van der Waals surface area contributed by atoms with Crippen LogP contribution < -0.4 is 16.0 Å². The Labute approximate surface area is 181 Å². The molecule has 2 unspecified atom stereocenters. The molecule has 0 bridgehead atoms. The molecular formula is C23H29N3O3S. The van der Waals surface area contributed by atoms with E-state index in [4.69, 9.17) is 0 Å². The molecule has 1 heterocycles. The van der Waals surface area contributed by atoms with Crippen molar-refractivity contribution in [1.82, 2.24) is 16.0 Å². The number of carbonyl (C=O) groups excluding carboxylic acids is 3. The molecule has 7 heteroatoms. The van der Waals surface area contributed by atoms with E-state index in [9.17, 15) is 14.4 Å². The maximum atomic E-state index is 12.6. The molecule has 2 aromatic rings. The maximum absolute atomic E-state index is 12.6. The number of benzene rings is 1. The number of thiophene rings is 1. The van der Waals surface area contributed by atoms with Gasteiger partial charge in [0.25, 0.3) is 11.8 Å². The van der Waals surface area contributed by atoms with Crippen LogP contribution in [-0.2, 0) is 11.3 Å². The van der Waals surface area contributed by atoms with E-state index in [0.717, 1.165) is 24.8 Å². The predicted octanol–water partition coefficient (Wildman–Crippen LogP) is 3.49. The molecule has 3 amide bonds. The fraction of sp³-hybridized carbons (Fsp3) is 0.435. The Bertz CT molecular complexity index is 862. The van der Waals surface area contributed by atoms with Crippen LogP contribution >= 0.6 is 11.3 Å². The molecule has 1 aromatic heterocycles. The van der Waals surface area contributed by atoms with E-state index < -0.39 is 0 Å². The van der Waals surface area contributed by atoms with Gasteiger partial charge in [-0.1, -0.05) is 24.6 Å². The summed E-state index contributed by atoms with van der Waals surface area (Å²) in [5, 5.41) is 10.8. The predicted molar refractivity (Wildman–Crippen MR) is 118 cm³/mol. The first-order chi connectivity index (χ1) is 14.4. The van der Waals surface area contributed by atoms with Crippen molar-refractivity contribution in [3.05, 3.63) is 57.8 Å². The number of hydrogen-bond donors (Lipinski definition) is 3. The third kappa shape index (κ3) is 6.16. The second-order valence-corrected chi connectivity index (χ2v) is 9.00. The van der Waals surface area contributed by atoms with Gasteiger partial charge in [-0.15, -0.1) is 11.3 Å². The van der Waals surface area contributed by atoms with Crippen molar-refractivity contribution < 1.29 is 14.4 Å². The molecule has 3 rings (SSSR count). The molecule has 30 heavy (non-hydrogen) atoms. The van der Waals surface area contributed by atoms with E-state index in [1.54, 1.807) is 18.2 Å². The van der Waals surface area contributed by atoms with Crippen LogP contribution in [0.15, 0.2) is 41.8 Å². The van der Waals surface area contributed by atoms with E-state index in [2.05, 4.69) is 16.0 Å². The number of amides is 3. The van der Waals surface area contributed by atoms with Crippen molar-refractivity contribution >= 4 is 29.1 Å². The Morgan fingerprint density at radius 3 is 2.50 bits per heavy atom. The number of rotatable bonds is 7. The van der Waals surface area contributed by atoms with E-state index >= 15 is 0 Å². The summed E-state index contributed by atoms with van der Waals surface area (Å²) in [5.41, 5.74) is 1.51. The number of carbonyl (C=O) groups is 3. The summed E-state index contributed by atoms with van der Waals surface area (Å²) >= 11 is 1.40. The molecule has 6 nitrogen and oxygen atoms in total. The second kappa shape index (κ2) is 10.4. The summed E-state index contributed by atoms with van der Waals surface area (Å²) in [6.45, 7) is 4.32. The number of hydrogen-bond acceptors (Lipinski definition) is 4. The molecule has 1 aromatic carbocycles.